The Morgan fingerprint density at radius 2 is 1.94 bits per heavy atom. The highest BCUT2D eigenvalue weighted by atomic mass is 35.5. The first kappa shape index (κ1) is 13.5. The lowest BCUT2D eigenvalue weighted by molar-refractivity contribution is 1.11. The molecule has 0 aliphatic rings. The van der Waals surface area contributed by atoms with E-state index in [1.165, 1.54) is 4.88 Å². The highest BCUT2D eigenvalue weighted by Gasteiger charge is 2.08. The van der Waals surface area contributed by atoms with E-state index >= 15 is 0 Å². The van der Waals surface area contributed by atoms with Gasteiger partial charge in [0.25, 0.3) is 0 Å². The molecule has 18 heavy (non-hydrogen) atoms. The van der Waals surface area contributed by atoms with Crippen LogP contribution in [0.2, 0.25) is 10.0 Å². The minimum Gasteiger partial charge on any atom is -0.369 e. The SMILES string of the molecule is CCNc1nc(NCc2cccs2)c(Cl)cc1Cl. The zero-order chi connectivity index (χ0) is 13.0. The number of anilines is 2. The van der Waals surface area contributed by atoms with Gasteiger partial charge < -0.3 is 10.6 Å². The smallest absolute Gasteiger partial charge is 0.147 e. The molecule has 96 valence electrons. The van der Waals surface area contributed by atoms with E-state index in [9.17, 15) is 0 Å². The Morgan fingerprint density at radius 1 is 1.22 bits per heavy atom. The summed E-state index contributed by atoms with van der Waals surface area (Å²) in [6.45, 7) is 3.46. The van der Waals surface area contributed by atoms with Crippen LogP contribution in [-0.4, -0.2) is 11.5 Å². The summed E-state index contributed by atoms with van der Waals surface area (Å²) in [5.41, 5.74) is 0. The van der Waals surface area contributed by atoms with E-state index in [1.54, 1.807) is 17.4 Å². The largest absolute Gasteiger partial charge is 0.369 e. The van der Waals surface area contributed by atoms with E-state index in [-0.39, 0.29) is 0 Å². The zero-order valence-electron chi connectivity index (χ0n) is 9.84. The maximum Gasteiger partial charge on any atom is 0.147 e. The molecule has 2 aromatic rings. The van der Waals surface area contributed by atoms with Gasteiger partial charge >= 0.3 is 0 Å². The lowest BCUT2D eigenvalue weighted by atomic mass is 10.4. The fourth-order valence-corrected chi connectivity index (χ4v) is 2.60. The van der Waals surface area contributed by atoms with Crippen molar-refractivity contribution in [2.45, 2.75) is 13.5 Å². The Kier molecular flexibility index (Phi) is 4.69. The monoisotopic (exact) mass is 301 g/mol. The van der Waals surface area contributed by atoms with E-state index in [2.05, 4.69) is 21.7 Å². The van der Waals surface area contributed by atoms with Crippen LogP contribution in [0.4, 0.5) is 11.6 Å². The molecular weight excluding hydrogens is 289 g/mol. The summed E-state index contributed by atoms with van der Waals surface area (Å²) in [4.78, 5) is 5.61. The van der Waals surface area contributed by atoms with Gasteiger partial charge in [0.05, 0.1) is 16.6 Å². The highest BCUT2D eigenvalue weighted by molar-refractivity contribution is 7.09. The maximum absolute atomic E-state index is 6.11. The normalized spacial score (nSPS) is 10.4. The first-order valence-corrected chi connectivity index (χ1v) is 7.20. The summed E-state index contributed by atoms with van der Waals surface area (Å²) >= 11 is 13.8. The minimum atomic E-state index is 0.526. The fourth-order valence-electron chi connectivity index (χ4n) is 1.47. The van der Waals surface area contributed by atoms with Crippen LogP contribution in [0.25, 0.3) is 0 Å². The number of hydrogen-bond donors (Lipinski definition) is 2. The molecule has 0 amide bonds. The summed E-state index contributed by atoms with van der Waals surface area (Å²) in [6, 6.07) is 5.78. The molecule has 2 rings (SSSR count). The third kappa shape index (κ3) is 3.28. The van der Waals surface area contributed by atoms with E-state index in [0.29, 0.717) is 28.2 Å². The summed E-state index contributed by atoms with van der Waals surface area (Å²) in [5.74, 6) is 1.29. The molecule has 0 unspecified atom stereocenters. The molecule has 0 atom stereocenters. The standard InChI is InChI=1S/C12H13Cl2N3S/c1-2-15-11-9(13)6-10(14)12(17-11)16-7-8-4-3-5-18-8/h3-6H,2,7H2,1H3,(H2,15,16,17). The van der Waals surface area contributed by atoms with Crippen LogP contribution in [0.15, 0.2) is 23.6 Å². The number of nitrogens with zero attached hydrogens (tertiary/aromatic N) is 1. The van der Waals surface area contributed by atoms with Crippen LogP contribution < -0.4 is 10.6 Å². The number of nitrogens with one attached hydrogen (secondary N) is 2. The fraction of sp³-hybridized carbons (Fsp3) is 0.250. The van der Waals surface area contributed by atoms with E-state index in [1.807, 2.05) is 18.4 Å². The Hall–Kier alpha value is -0.970. The van der Waals surface area contributed by atoms with Crippen LogP contribution in [0.3, 0.4) is 0 Å². The van der Waals surface area contributed by atoms with Crippen LogP contribution in [0.1, 0.15) is 11.8 Å². The van der Waals surface area contributed by atoms with Crippen LogP contribution in [0.5, 0.6) is 0 Å². The molecule has 0 spiro atoms. The molecule has 2 aromatic heterocycles. The van der Waals surface area contributed by atoms with E-state index in [4.69, 9.17) is 23.2 Å². The first-order chi connectivity index (χ1) is 8.70. The first-order valence-electron chi connectivity index (χ1n) is 5.57. The molecule has 0 saturated heterocycles. The average Bonchev–Trinajstić information content (AvgIpc) is 2.84. The molecule has 0 radical (unpaired) electrons. The average molecular weight is 302 g/mol. The number of aromatic nitrogens is 1. The molecule has 0 fully saturated rings. The molecule has 0 bridgehead atoms. The van der Waals surface area contributed by atoms with Gasteiger partial charge in [-0.3, -0.25) is 0 Å². The molecule has 2 heterocycles. The quantitative estimate of drug-likeness (QED) is 0.854. The highest BCUT2D eigenvalue weighted by Crippen LogP contribution is 2.29. The maximum atomic E-state index is 6.11. The summed E-state index contributed by atoms with van der Waals surface area (Å²) in [7, 11) is 0. The van der Waals surface area contributed by atoms with E-state index < -0.39 is 0 Å². The number of hydrogen-bond acceptors (Lipinski definition) is 4. The second-order valence-electron chi connectivity index (χ2n) is 3.61. The molecular formula is C12H13Cl2N3S. The predicted molar refractivity (Wildman–Crippen MR) is 80.1 cm³/mol. The van der Waals surface area contributed by atoms with Crippen LogP contribution >= 0.6 is 34.5 Å². The van der Waals surface area contributed by atoms with E-state index in [0.717, 1.165) is 6.54 Å². The van der Waals surface area contributed by atoms with Gasteiger partial charge in [0, 0.05) is 11.4 Å². The Labute approximate surface area is 120 Å². The van der Waals surface area contributed by atoms with Crippen molar-refractivity contribution < 1.29 is 0 Å². The van der Waals surface area contributed by atoms with Crippen molar-refractivity contribution in [2.75, 3.05) is 17.2 Å². The topological polar surface area (TPSA) is 37.0 Å². The molecule has 0 aliphatic carbocycles. The van der Waals surface area contributed by atoms with Crippen LogP contribution in [-0.2, 0) is 6.54 Å². The number of thiophene rings is 1. The summed E-state index contributed by atoms with van der Waals surface area (Å²) < 4.78 is 0. The number of pyridine rings is 1. The molecule has 6 heteroatoms. The zero-order valence-corrected chi connectivity index (χ0v) is 12.2. The Bertz CT molecular complexity index is 514. The predicted octanol–water partition coefficient (Wildman–Crippen LogP) is 4.49. The molecule has 0 aromatic carbocycles. The third-order valence-electron chi connectivity index (χ3n) is 2.28. The number of halogens is 2. The second kappa shape index (κ2) is 6.27. The summed E-state index contributed by atoms with van der Waals surface area (Å²) in [5, 5.41) is 9.40. The van der Waals surface area contributed by atoms with Crippen molar-refractivity contribution >= 4 is 46.2 Å². The molecule has 2 N–H and O–H groups in total. The van der Waals surface area contributed by atoms with Crippen LogP contribution in [0, 0.1) is 0 Å². The van der Waals surface area contributed by atoms with Crippen molar-refractivity contribution in [1.29, 1.82) is 0 Å². The van der Waals surface area contributed by atoms with Gasteiger partial charge in [-0.2, -0.15) is 0 Å². The molecule has 0 saturated carbocycles. The lowest BCUT2D eigenvalue weighted by Crippen LogP contribution is -2.05. The van der Waals surface area contributed by atoms with Gasteiger partial charge in [0.2, 0.25) is 0 Å². The van der Waals surface area contributed by atoms with Crippen molar-refractivity contribution in [1.82, 2.24) is 4.98 Å². The van der Waals surface area contributed by atoms with Gasteiger partial charge in [-0.05, 0) is 24.4 Å². The van der Waals surface area contributed by atoms with Crippen molar-refractivity contribution in [3.63, 3.8) is 0 Å². The molecule has 0 aliphatic heterocycles. The lowest BCUT2D eigenvalue weighted by Gasteiger charge is -2.11. The van der Waals surface area contributed by atoms with Crippen molar-refractivity contribution in [3.8, 4) is 0 Å². The van der Waals surface area contributed by atoms with Gasteiger partial charge in [-0.1, -0.05) is 29.3 Å². The minimum absolute atomic E-state index is 0.526. The Morgan fingerprint density at radius 3 is 2.56 bits per heavy atom. The van der Waals surface area contributed by atoms with Gasteiger partial charge in [-0.15, -0.1) is 11.3 Å². The second-order valence-corrected chi connectivity index (χ2v) is 5.46. The summed E-state index contributed by atoms with van der Waals surface area (Å²) in [6.07, 6.45) is 0. The number of rotatable bonds is 5. The third-order valence-corrected chi connectivity index (χ3v) is 3.74. The van der Waals surface area contributed by atoms with Gasteiger partial charge in [-0.25, -0.2) is 4.98 Å². The van der Waals surface area contributed by atoms with Gasteiger partial charge in [0.15, 0.2) is 0 Å². The Balaban J connectivity index is 2.13. The van der Waals surface area contributed by atoms with Crippen molar-refractivity contribution in [3.05, 3.63) is 38.5 Å². The molecule has 3 nitrogen and oxygen atoms in total. The van der Waals surface area contributed by atoms with Gasteiger partial charge in [0.1, 0.15) is 11.6 Å². The van der Waals surface area contributed by atoms with Crippen molar-refractivity contribution in [2.24, 2.45) is 0 Å².